The molecule has 15 heteroatoms. The molecule has 3 rings (SSSR count). The minimum atomic E-state index is -5.63. The number of aromatic nitrogens is 1. The summed E-state index contributed by atoms with van der Waals surface area (Å²) in [5.74, 6) is -1.91. The van der Waals surface area contributed by atoms with Crippen molar-refractivity contribution in [3.63, 3.8) is 0 Å². The number of carbonyl (C=O) groups is 1. The minimum absolute atomic E-state index is 0.295. The van der Waals surface area contributed by atoms with Crippen LogP contribution in [-0.4, -0.2) is 17.6 Å². The standard InChI is InChI=1S/C24H13F12NO2/c1-2-39-20(38)18-17(23(31,32)33)15(11-3-7-13(8-4-11)21(25,26)27)16(19(37-18)24(34,35)36)12-5-9-14(10-6-12)22(28,29)30/h3-10H,2H2,1H3. The van der Waals surface area contributed by atoms with E-state index in [2.05, 4.69) is 9.72 Å². The Morgan fingerprint density at radius 3 is 1.38 bits per heavy atom. The summed E-state index contributed by atoms with van der Waals surface area (Å²) >= 11 is 0. The topological polar surface area (TPSA) is 39.2 Å². The molecule has 1 aromatic heterocycles. The monoisotopic (exact) mass is 575 g/mol. The number of benzene rings is 2. The molecule has 0 radical (unpaired) electrons. The van der Waals surface area contributed by atoms with E-state index in [9.17, 15) is 57.5 Å². The Bertz CT molecular complexity index is 1350. The van der Waals surface area contributed by atoms with Crippen LogP contribution in [0.25, 0.3) is 22.3 Å². The van der Waals surface area contributed by atoms with Crippen LogP contribution in [0.5, 0.6) is 0 Å². The van der Waals surface area contributed by atoms with Gasteiger partial charge in [-0.3, -0.25) is 0 Å². The highest BCUT2D eigenvalue weighted by molar-refractivity contribution is 5.97. The molecule has 0 bridgehead atoms. The first kappa shape index (κ1) is 29.8. The minimum Gasteiger partial charge on any atom is -0.461 e. The van der Waals surface area contributed by atoms with Gasteiger partial charge in [0.1, 0.15) is 0 Å². The van der Waals surface area contributed by atoms with Gasteiger partial charge in [0.05, 0.1) is 23.3 Å². The van der Waals surface area contributed by atoms with E-state index in [1.165, 1.54) is 0 Å². The van der Waals surface area contributed by atoms with E-state index in [0.29, 0.717) is 48.5 Å². The quantitative estimate of drug-likeness (QED) is 0.231. The summed E-state index contributed by atoms with van der Waals surface area (Å²) < 4.78 is 168. The van der Waals surface area contributed by atoms with Crippen LogP contribution in [-0.2, 0) is 29.4 Å². The summed E-state index contributed by atoms with van der Waals surface area (Å²) in [6.07, 6.45) is -21.1. The Hall–Kier alpha value is -3.78. The molecular formula is C24H13F12NO2. The molecule has 1 heterocycles. The SMILES string of the molecule is CCOC(=O)c1nc(C(F)(F)F)c(-c2ccc(C(F)(F)F)cc2)c(-c2ccc(C(F)(F)F)cc2)c1C(F)(F)F. The Morgan fingerprint density at radius 1 is 0.641 bits per heavy atom. The zero-order valence-electron chi connectivity index (χ0n) is 19.1. The van der Waals surface area contributed by atoms with Crippen molar-refractivity contribution in [1.29, 1.82) is 0 Å². The summed E-state index contributed by atoms with van der Waals surface area (Å²) in [7, 11) is 0. The van der Waals surface area contributed by atoms with Crippen molar-refractivity contribution < 1.29 is 62.2 Å². The van der Waals surface area contributed by atoms with Crippen LogP contribution in [0, 0.1) is 0 Å². The summed E-state index contributed by atoms with van der Waals surface area (Å²) in [5, 5.41) is 0. The van der Waals surface area contributed by atoms with Crippen LogP contribution in [0.15, 0.2) is 48.5 Å². The van der Waals surface area contributed by atoms with Crippen molar-refractivity contribution in [2.24, 2.45) is 0 Å². The predicted molar refractivity (Wildman–Crippen MR) is 111 cm³/mol. The van der Waals surface area contributed by atoms with Gasteiger partial charge in [-0.05, 0) is 42.3 Å². The van der Waals surface area contributed by atoms with E-state index in [-0.39, 0.29) is 0 Å². The first-order chi connectivity index (χ1) is 17.8. The highest BCUT2D eigenvalue weighted by atomic mass is 19.4. The Balaban J connectivity index is 2.56. The normalized spacial score (nSPS) is 12.9. The first-order valence-corrected chi connectivity index (χ1v) is 10.5. The van der Waals surface area contributed by atoms with Crippen molar-refractivity contribution in [3.8, 4) is 22.3 Å². The molecule has 2 aromatic carbocycles. The van der Waals surface area contributed by atoms with Crippen LogP contribution in [0.2, 0.25) is 0 Å². The van der Waals surface area contributed by atoms with Gasteiger partial charge in [0, 0.05) is 11.1 Å². The second kappa shape index (κ2) is 10.1. The zero-order valence-corrected chi connectivity index (χ0v) is 19.1. The van der Waals surface area contributed by atoms with Crippen molar-refractivity contribution in [3.05, 3.63) is 76.6 Å². The number of halogens is 12. The number of hydrogen-bond donors (Lipinski definition) is 0. The largest absolute Gasteiger partial charge is 0.461 e. The van der Waals surface area contributed by atoms with Gasteiger partial charge in [0.25, 0.3) is 0 Å². The van der Waals surface area contributed by atoms with E-state index < -0.39 is 87.6 Å². The number of hydrogen-bond acceptors (Lipinski definition) is 3. The summed E-state index contributed by atoms with van der Waals surface area (Å²) in [6, 6.07) is 2.98. The van der Waals surface area contributed by atoms with E-state index in [0.717, 1.165) is 6.92 Å². The highest BCUT2D eigenvalue weighted by Crippen LogP contribution is 2.49. The lowest BCUT2D eigenvalue weighted by molar-refractivity contribution is -0.144. The molecule has 3 nitrogen and oxygen atoms in total. The van der Waals surface area contributed by atoms with Crippen molar-refractivity contribution in [2.45, 2.75) is 31.6 Å². The average molecular weight is 575 g/mol. The van der Waals surface area contributed by atoms with E-state index in [1.54, 1.807) is 0 Å². The van der Waals surface area contributed by atoms with E-state index >= 15 is 0 Å². The number of ether oxygens (including phenoxy) is 1. The number of rotatable bonds is 4. The van der Waals surface area contributed by atoms with Gasteiger partial charge < -0.3 is 4.74 Å². The number of carbonyl (C=O) groups excluding carboxylic acids is 1. The fourth-order valence-electron chi connectivity index (χ4n) is 3.64. The van der Waals surface area contributed by atoms with Gasteiger partial charge in [0.15, 0.2) is 11.4 Å². The molecule has 0 atom stereocenters. The smallest absolute Gasteiger partial charge is 0.434 e. The van der Waals surface area contributed by atoms with E-state index in [4.69, 9.17) is 0 Å². The molecule has 0 aliphatic rings. The number of esters is 1. The van der Waals surface area contributed by atoms with Gasteiger partial charge in [-0.1, -0.05) is 24.3 Å². The van der Waals surface area contributed by atoms with Crippen LogP contribution in [0.4, 0.5) is 52.7 Å². The molecule has 39 heavy (non-hydrogen) atoms. The van der Waals surface area contributed by atoms with Crippen molar-refractivity contribution in [1.82, 2.24) is 4.98 Å². The summed E-state index contributed by atoms with van der Waals surface area (Å²) in [6.45, 7) is 0.568. The molecule has 0 unspecified atom stereocenters. The van der Waals surface area contributed by atoms with Gasteiger partial charge in [0.2, 0.25) is 0 Å². The molecule has 0 spiro atoms. The first-order valence-electron chi connectivity index (χ1n) is 10.5. The lowest BCUT2D eigenvalue weighted by Gasteiger charge is -2.24. The third-order valence-electron chi connectivity index (χ3n) is 5.22. The van der Waals surface area contributed by atoms with E-state index in [1.807, 2.05) is 0 Å². The Labute approximate surface area is 211 Å². The van der Waals surface area contributed by atoms with Crippen LogP contribution in [0.1, 0.15) is 39.8 Å². The fourth-order valence-corrected chi connectivity index (χ4v) is 3.64. The predicted octanol–water partition coefficient (Wildman–Crippen LogP) is 8.67. The Morgan fingerprint density at radius 2 is 1.05 bits per heavy atom. The maximum absolute atomic E-state index is 14.4. The number of pyridine rings is 1. The van der Waals surface area contributed by atoms with Gasteiger partial charge >= 0.3 is 30.7 Å². The Kier molecular flexibility index (Phi) is 7.69. The average Bonchev–Trinajstić information content (AvgIpc) is 2.80. The molecule has 0 fully saturated rings. The molecular weight excluding hydrogens is 562 g/mol. The molecule has 0 saturated carbocycles. The van der Waals surface area contributed by atoms with Gasteiger partial charge in [-0.2, -0.15) is 52.7 Å². The third-order valence-corrected chi connectivity index (χ3v) is 5.22. The summed E-state index contributed by atoms with van der Waals surface area (Å²) in [4.78, 5) is 15.2. The molecule has 0 N–H and O–H groups in total. The third kappa shape index (κ3) is 6.28. The maximum atomic E-state index is 14.4. The summed E-state index contributed by atoms with van der Waals surface area (Å²) in [5.41, 5.74) is -13.2. The number of nitrogens with zero attached hydrogens (tertiary/aromatic N) is 1. The lowest BCUT2D eigenvalue weighted by atomic mass is 9.87. The van der Waals surface area contributed by atoms with Gasteiger partial charge in [-0.25, -0.2) is 9.78 Å². The molecule has 0 amide bonds. The zero-order chi connectivity index (χ0) is 29.6. The second-order valence-electron chi connectivity index (χ2n) is 7.80. The molecule has 3 aromatic rings. The molecule has 210 valence electrons. The van der Waals surface area contributed by atoms with Crippen molar-refractivity contribution >= 4 is 5.97 Å². The second-order valence-corrected chi connectivity index (χ2v) is 7.80. The fraction of sp³-hybridized carbons (Fsp3) is 0.250. The van der Waals surface area contributed by atoms with Crippen molar-refractivity contribution in [2.75, 3.05) is 6.61 Å². The highest BCUT2D eigenvalue weighted by Gasteiger charge is 2.46. The number of alkyl halides is 12. The van der Waals surface area contributed by atoms with Crippen LogP contribution < -0.4 is 0 Å². The maximum Gasteiger partial charge on any atom is 0.434 e. The van der Waals surface area contributed by atoms with Crippen LogP contribution in [0.3, 0.4) is 0 Å². The molecule has 0 aliphatic carbocycles. The molecule has 0 aliphatic heterocycles. The van der Waals surface area contributed by atoms with Crippen LogP contribution >= 0.6 is 0 Å². The van der Waals surface area contributed by atoms with Gasteiger partial charge in [-0.15, -0.1) is 0 Å². The molecule has 0 saturated heterocycles. The lowest BCUT2D eigenvalue weighted by Crippen LogP contribution is -2.23.